The summed E-state index contributed by atoms with van der Waals surface area (Å²) >= 11 is 0. The van der Waals surface area contributed by atoms with Gasteiger partial charge < -0.3 is 14.8 Å². The summed E-state index contributed by atoms with van der Waals surface area (Å²) in [5.41, 5.74) is 8.93. The summed E-state index contributed by atoms with van der Waals surface area (Å²) in [6.07, 6.45) is 0. The van der Waals surface area contributed by atoms with E-state index in [1.165, 1.54) is 21.8 Å². The minimum atomic E-state index is 0.254. The zero-order chi connectivity index (χ0) is 15.1. The second kappa shape index (κ2) is 4.96. The molecule has 2 aromatic heterocycles. The van der Waals surface area contributed by atoms with Crippen LogP contribution >= 0.6 is 0 Å². The molecule has 0 unspecified atom stereocenters. The Hall–Kier alpha value is -2.66. The Kier molecular flexibility index (Phi) is 2.94. The van der Waals surface area contributed by atoms with Gasteiger partial charge in [-0.3, -0.25) is 0 Å². The Morgan fingerprint density at radius 3 is 2.68 bits per heavy atom. The predicted molar refractivity (Wildman–Crippen MR) is 86.3 cm³/mol. The molecule has 2 N–H and O–H groups in total. The van der Waals surface area contributed by atoms with E-state index in [2.05, 4.69) is 58.0 Å². The van der Waals surface area contributed by atoms with Gasteiger partial charge in [-0.1, -0.05) is 23.4 Å². The van der Waals surface area contributed by atoms with Crippen LogP contribution in [-0.2, 0) is 13.1 Å². The number of hydrogen-bond acceptors (Lipinski definition) is 4. The van der Waals surface area contributed by atoms with Crippen LogP contribution in [0.2, 0.25) is 0 Å². The van der Waals surface area contributed by atoms with Crippen molar-refractivity contribution in [3.8, 4) is 11.4 Å². The van der Waals surface area contributed by atoms with E-state index >= 15 is 0 Å². The number of hydrogen-bond donors (Lipinski definition) is 1. The molecular formula is C17H16N4O. The van der Waals surface area contributed by atoms with Crippen molar-refractivity contribution in [2.75, 3.05) is 0 Å². The Bertz CT molecular complexity index is 967. The molecule has 0 bridgehead atoms. The molecule has 5 nitrogen and oxygen atoms in total. The highest BCUT2D eigenvalue weighted by atomic mass is 16.5. The van der Waals surface area contributed by atoms with E-state index in [1.54, 1.807) is 0 Å². The normalized spacial score (nSPS) is 11.5. The quantitative estimate of drug-likeness (QED) is 0.629. The molecule has 0 saturated carbocycles. The smallest absolute Gasteiger partial charge is 0.240 e. The number of para-hydroxylation sites is 1. The van der Waals surface area contributed by atoms with Gasteiger partial charge in [0.15, 0.2) is 0 Å². The average Bonchev–Trinajstić information content (AvgIpc) is 3.16. The minimum absolute atomic E-state index is 0.254. The van der Waals surface area contributed by atoms with Gasteiger partial charge in [0.1, 0.15) is 0 Å². The van der Waals surface area contributed by atoms with Crippen molar-refractivity contribution >= 4 is 21.8 Å². The number of aromatic nitrogens is 3. The molecule has 0 atom stereocenters. The molecule has 2 aromatic carbocycles. The Labute approximate surface area is 127 Å². The first-order chi connectivity index (χ1) is 10.8. The molecule has 5 heteroatoms. The van der Waals surface area contributed by atoms with Crippen LogP contribution in [0.1, 0.15) is 12.8 Å². The zero-order valence-corrected chi connectivity index (χ0v) is 12.3. The predicted octanol–water partition coefficient (Wildman–Crippen LogP) is 3.32. The molecule has 0 amide bonds. The van der Waals surface area contributed by atoms with Crippen molar-refractivity contribution in [2.45, 2.75) is 20.0 Å². The monoisotopic (exact) mass is 292 g/mol. The number of aryl methyl sites for hydroxylation is 1. The number of nitrogens with two attached hydrogens (primary N) is 1. The molecule has 0 aliphatic carbocycles. The lowest BCUT2D eigenvalue weighted by atomic mass is 10.1. The highest BCUT2D eigenvalue weighted by molar-refractivity contribution is 6.09. The zero-order valence-electron chi connectivity index (χ0n) is 12.3. The first-order valence-corrected chi connectivity index (χ1v) is 7.36. The highest BCUT2D eigenvalue weighted by Gasteiger charge is 2.12. The molecular weight excluding hydrogens is 276 g/mol. The second-order valence-corrected chi connectivity index (χ2v) is 5.21. The molecule has 0 radical (unpaired) electrons. The molecule has 0 aliphatic heterocycles. The fourth-order valence-electron chi connectivity index (χ4n) is 2.99. The molecule has 0 fully saturated rings. The first kappa shape index (κ1) is 13.0. The third-order valence-electron chi connectivity index (χ3n) is 3.99. The first-order valence-electron chi connectivity index (χ1n) is 7.36. The standard InChI is InChI=1S/C17H16N4O/c1-2-21-14-6-4-3-5-12(14)13-9-11(7-8-15(13)21)17-19-16(10-18)22-20-17/h3-9H,2,10,18H2,1H3. The van der Waals surface area contributed by atoms with Gasteiger partial charge in [0.05, 0.1) is 6.54 Å². The summed E-state index contributed by atoms with van der Waals surface area (Å²) in [6, 6.07) is 14.7. The number of fused-ring (bicyclic) bond motifs is 3. The third kappa shape index (κ3) is 1.83. The summed E-state index contributed by atoms with van der Waals surface area (Å²) in [5.74, 6) is 1.03. The summed E-state index contributed by atoms with van der Waals surface area (Å²) in [4.78, 5) is 4.30. The second-order valence-electron chi connectivity index (χ2n) is 5.21. The molecule has 0 spiro atoms. The van der Waals surface area contributed by atoms with Crippen LogP contribution in [0.4, 0.5) is 0 Å². The number of nitrogens with zero attached hydrogens (tertiary/aromatic N) is 3. The van der Waals surface area contributed by atoms with Crippen LogP contribution in [-0.4, -0.2) is 14.7 Å². The molecule has 2 heterocycles. The summed E-state index contributed by atoms with van der Waals surface area (Å²) in [6.45, 7) is 3.35. The lowest BCUT2D eigenvalue weighted by molar-refractivity contribution is 0.380. The third-order valence-corrected chi connectivity index (χ3v) is 3.99. The Balaban J connectivity index is 1.99. The molecule has 110 valence electrons. The van der Waals surface area contributed by atoms with E-state index in [4.69, 9.17) is 10.3 Å². The number of benzene rings is 2. The fourth-order valence-corrected chi connectivity index (χ4v) is 2.99. The van der Waals surface area contributed by atoms with Crippen LogP contribution in [0.3, 0.4) is 0 Å². The van der Waals surface area contributed by atoms with E-state index in [-0.39, 0.29) is 6.54 Å². The molecule has 0 aliphatic rings. The van der Waals surface area contributed by atoms with Gasteiger partial charge in [-0.25, -0.2) is 0 Å². The summed E-state index contributed by atoms with van der Waals surface area (Å²) < 4.78 is 7.42. The van der Waals surface area contributed by atoms with E-state index in [1.807, 2.05) is 6.07 Å². The van der Waals surface area contributed by atoms with Crippen molar-refractivity contribution in [2.24, 2.45) is 5.73 Å². The Morgan fingerprint density at radius 1 is 1.09 bits per heavy atom. The number of rotatable bonds is 3. The molecule has 4 rings (SSSR count). The van der Waals surface area contributed by atoms with Gasteiger partial charge in [-0.15, -0.1) is 0 Å². The minimum Gasteiger partial charge on any atom is -0.341 e. The van der Waals surface area contributed by atoms with E-state index < -0.39 is 0 Å². The summed E-state index contributed by atoms with van der Waals surface area (Å²) in [5, 5.41) is 6.44. The average molecular weight is 292 g/mol. The van der Waals surface area contributed by atoms with Crippen molar-refractivity contribution in [3.63, 3.8) is 0 Å². The van der Waals surface area contributed by atoms with Crippen LogP contribution in [0.25, 0.3) is 33.2 Å². The van der Waals surface area contributed by atoms with Gasteiger partial charge in [0.2, 0.25) is 11.7 Å². The Morgan fingerprint density at radius 2 is 1.91 bits per heavy atom. The van der Waals surface area contributed by atoms with Crippen molar-refractivity contribution in [3.05, 3.63) is 48.4 Å². The van der Waals surface area contributed by atoms with Crippen LogP contribution in [0.5, 0.6) is 0 Å². The van der Waals surface area contributed by atoms with E-state index in [0.717, 1.165) is 12.1 Å². The van der Waals surface area contributed by atoms with Gasteiger partial charge in [0, 0.05) is 33.9 Å². The summed E-state index contributed by atoms with van der Waals surface area (Å²) in [7, 11) is 0. The van der Waals surface area contributed by atoms with Gasteiger partial charge in [-0.2, -0.15) is 4.98 Å². The van der Waals surface area contributed by atoms with Crippen molar-refractivity contribution in [1.29, 1.82) is 0 Å². The van der Waals surface area contributed by atoms with E-state index in [0.29, 0.717) is 11.7 Å². The van der Waals surface area contributed by atoms with Gasteiger partial charge >= 0.3 is 0 Å². The molecule has 4 aromatic rings. The van der Waals surface area contributed by atoms with Crippen LogP contribution in [0, 0.1) is 0 Å². The van der Waals surface area contributed by atoms with Crippen LogP contribution < -0.4 is 5.73 Å². The largest absolute Gasteiger partial charge is 0.341 e. The van der Waals surface area contributed by atoms with Crippen LogP contribution in [0.15, 0.2) is 47.0 Å². The van der Waals surface area contributed by atoms with Gasteiger partial charge in [0.25, 0.3) is 0 Å². The maximum Gasteiger partial charge on any atom is 0.240 e. The maximum absolute atomic E-state index is 5.53. The lowest BCUT2D eigenvalue weighted by Gasteiger charge is -2.02. The molecule has 0 saturated heterocycles. The topological polar surface area (TPSA) is 69.9 Å². The van der Waals surface area contributed by atoms with Gasteiger partial charge in [-0.05, 0) is 31.2 Å². The molecule has 22 heavy (non-hydrogen) atoms. The fraction of sp³-hybridized carbons (Fsp3) is 0.176. The van der Waals surface area contributed by atoms with Crippen molar-refractivity contribution < 1.29 is 4.52 Å². The maximum atomic E-state index is 5.53. The van der Waals surface area contributed by atoms with Crippen molar-refractivity contribution in [1.82, 2.24) is 14.7 Å². The highest BCUT2D eigenvalue weighted by Crippen LogP contribution is 2.31. The van der Waals surface area contributed by atoms with E-state index in [9.17, 15) is 0 Å². The SMILES string of the molecule is CCn1c2ccccc2c2cc(-c3noc(CN)n3)ccc21. The lowest BCUT2D eigenvalue weighted by Crippen LogP contribution is -1.95.